The molecule has 0 saturated carbocycles. The Kier molecular flexibility index (Phi) is 9.95. The monoisotopic (exact) mass is 857 g/mol. The molecule has 0 aromatic heterocycles. The van der Waals surface area contributed by atoms with Gasteiger partial charge in [-0.25, -0.2) is 0 Å². The van der Waals surface area contributed by atoms with Crippen molar-refractivity contribution in [2.75, 3.05) is 4.90 Å². The van der Waals surface area contributed by atoms with Gasteiger partial charge in [-0.15, -0.1) is 0 Å². The Hall–Kier alpha value is -8.00. The van der Waals surface area contributed by atoms with Gasteiger partial charge < -0.3 is 4.90 Å². The van der Waals surface area contributed by atoms with Crippen LogP contribution in [0.5, 0.6) is 0 Å². The van der Waals surface area contributed by atoms with Crippen molar-refractivity contribution < 1.29 is 0 Å². The van der Waals surface area contributed by atoms with E-state index in [1.54, 1.807) is 0 Å². The summed E-state index contributed by atoms with van der Waals surface area (Å²) in [5.41, 5.74) is 21.1. The van der Waals surface area contributed by atoms with Gasteiger partial charge in [0.25, 0.3) is 0 Å². The fourth-order valence-electron chi connectivity index (χ4n) is 11.8. The van der Waals surface area contributed by atoms with E-state index < -0.39 is 5.41 Å². The van der Waals surface area contributed by atoms with Gasteiger partial charge in [-0.05, 0) is 144 Å². The summed E-state index contributed by atoms with van der Waals surface area (Å²) in [4.78, 5) is 2.43. The molecule has 1 nitrogen and oxygen atoms in total. The molecule has 10 aromatic rings. The molecule has 1 heteroatoms. The van der Waals surface area contributed by atoms with Crippen LogP contribution in [0.25, 0.3) is 56.3 Å². The molecule has 0 bridgehead atoms. The van der Waals surface area contributed by atoms with Gasteiger partial charge in [0.15, 0.2) is 0 Å². The molecule has 0 unspecified atom stereocenters. The number of benzene rings is 10. The fraction of sp³-hybridized carbons (Fsp3) is 0.0909. The lowest BCUT2D eigenvalue weighted by Crippen LogP contribution is -2.28. The predicted octanol–water partition coefficient (Wildman–Crippen LogP) is 17.6. The van der Waals surface area contributed by atoms with E-state index in [4.69, 9.17) is 0 Å². The van der Waals surface area contributed by atoms with Crippen LogP contribution in [0.15, 0.2) is 237 Å². The van der Waals surface area contributed by atoms with Crippen LogP contribution in [-0.2, 0) is 10.8 Å². The van der Waals surface area contributed by atoms with Crippen molar-refractivity contribution in [3.8, 4) is 33.4 Å². The Morgan fingerprint density at radius 3 is 1.70 bits per heavy atom. The van der Waals surface area contributed by atoms with E-state index in [-0.39, 0.29) is 5.41 Å². The highest BCUT2D eigenvalue weighted by atomic mass is 15.1. The van der Waals surface area contributed by atoms with Crippen LogP contribution in [0.2, 0.25) is 0 Å². The maximum atomic E-state index is 2.49. The molecule has 10 aromatic carbocycles. The standard InChI is InChI=1S/C66H51N/c1-3-65(4-2)62-42-46(34-36-48-22-19-33-61-64(48)59-31-16-17-32-60(59)66(61,52-24-8-5-9-25-52)53-26-10-6-11-27-53)35-40-57(62)58-41-39-56(45-63(58)65)67(54-28-12-7-13-29-54)55-30-18-23-50(44-55)51-38-37-47-20-14-15-21-49(47)43-51/h5-45H,3-4H2,1-2H3/b36-34+. The zero-order valence-corrected chi connectivity index (χ0v) is 38.0. The summed E-state index contributed by atoms with van der Waals surface area (Å²) >= 11 is 0. The van der Waals surface area contributed by atoms with Gasteiger partial charge in [0.05, 0.1) is 5.41 Å². The van der Waals surface area contributed by atoms with E-state index in [0.717, 1.165) is 24.2 Å². The normalized spacial score (nSPS) is 13.8. The molecule has 320 valence electrons. The second kappa shape index (κ2) is 16.5. The molecule has 12 rings (SSSR count). The van der Waals surface area contributed by atoms with E-state index in [0.29, 0.717) is 0 Å². The number of nitrogens with zero attached hydrogens (tertiary/aromatic N) is 1. The third-order valence-corrected chi connectivity index (χ3v) is 15.0. The number of hydrogen-bond donors (Lipinski definition) is 0. The molecule has 0 saturated heterocycles. The number of anilines is 3. The molecule has 0 spiro atoms. The Bertz CT molecular complexity index is 3450. The predicted molar refractivity (Wildman–Crippen MR) is 284 cm³/mol. The maximum Gasteiger partial charge on any atom is 0.0713 e. The first-order valence-electron chi connectivity index (χ1n) is 23.9. The summed E-state index contributed by atoms with van der Waals surface area (Å²) in [5, 5.41) is 2.51. The summed E-state index contributed by atoms with van der Waals surface area (Å²) < 4.78 is 0. The lowest BCUT2D eigenvalue weighted by atomic mass is 9.67. The number of rotatable bonds is 10. The minimum Gasteiger partial charge on any atom is -0.310 e. The first kappa shape index (κ1) is 40.5. The fourth-order valence-corrected chi connectivity index (χ4v) is 11.8. The molecular formula is C66H51N. The molecule has 2 aliphatic rings. The lowest BCUT2D eigenvalue weighted by Gasteiger charge is -2.33. The van der Waals surface area contributed by atoms with Crippen molar-refractivity contribution in [2.24, 2.45) is 0 Å². The number of fused-ring (bicyclic) bond motifs is 7. The van der Waals surface area contributed by atoms with Gasteiger partial charge in [0.1, 0.15) is 0 Å². The zero-order valence-electron chi connectivity index (χ0n) is 38.0. The Labute approximate surface area is 395 Å². The highest BCUT2D eigenvalue weighted by Gasteiger charge is 2.46. The highest BCUT2D eigenvalue weighted by molar-refractivity contribution is 5.94. The topological polar surface area (TPSA) is 3.24 Å². The molecule has 0 heterocycles. The zero-order chi connectivity index (χ0) is 45.0. The van der Waals surface area contributed by atoms with Crippen molar-refractivity contribution in [1.82, 2.24) is 0 Å². The number of hydrogen-bond acceptors (Lipinski definition) is 1. The van der Waals surface area contributed by atoms with Gasteiger partial charge in [-0.1, -0.05) is 220 Å². The average Bonchev–Trinajstić information content (AvgIpc) is 3.86. The Balaban J connectivity index is 0.935. The molecule has 0 N–H and O–H groups in total. The van der Waals surface area contributed by atoms with Gasteiger partial charge in [-0.2, -0.15) is 0 Å². The molecular weight excluding hydrogens is 807 g/mol. The van der Waals surface area contributed by atoms with Gasteiger partial charge >= 0.3 is 0 Å². The van der Waals surface area contributed by atoms with Crippen molar-refractivity contribution in [1.29, 1.82) is 0 Å². The van der Waals surface area contributed by atoms with Crippen LogP contribution in [0, 0.1) is 0 Å². The van der Waals surface area contributed by atoms with Crippen LogP contribution < -0.4 is 4.90 Å². The second-order valence-electron chi connectivity index (χ2n) is 18.2. The van der Waals surface area contributed by atoms with Crippen molar-refractivity contribution in [3.63, 3.8) is 0 Å². The van der Waals surface area contributed by atoms with Crippen molar-refractivity contribution >= 4 is 40.0 Å². The number of para-hydroxylation sites is 1. The average molecular weight is 858 g/mol. The van der Waals surface area contributed by atoms with Gasteiger partial charge in [-0.3, -0.25) is 0 Å². The van der Waals surface area contributed by atoms with Crippen LogP contribution in [-0.4, -0.2) is 0 Å². The first-order chi connectivity index (χ1) is 33.1. The van der Waals surface area contributed by atoms with E-state index in [1.807, 2.05) is 0 Å². The minimum atomic E-state index is -0.422. The minimum absolute atomic E-state index is 0.127. The van der Waals surface area contributed by atoms with Crippen molar-refractivity contribution in [2.45, 2.75) is 37.5 Å². The lowest BCUT2D eigenvalue weighted by molar-refractivity contribution is 0.490. The molecule has 0 aliphatic heterocycles. The molecule has 2 aliphatic carbocycles. The van der Waals surface area contributed by atoms with Gasteiger partial charge in [0, 0.05) is 22.5 Å². The quantitative estimate of drug-likeness (QED) is 0.124. The summed E-state index contributed by atoms with van der Waals surface area (Å²) in [6.45, 7) is 4.74. The van der Waals surface area contributed by atoms with E-state index in [1.165, 1.54) is 94.3 Å². The SMILES string of the molecule is CCC1(CC)c2cc(/C=C/c3cccc4c3-c3ccccc3C4(c3ccccc3)c3ccccc3)ccc2-c2ccc(N(c3ccccc3)c3cccc(-c4ccc5ccccc5c4)c3)cc21. The Morgan fingerprint density at radius 1 is 0.373 bits per heavy atom. The highest BCUT2D eigenvalue weighted by Crippen LogP contribution is 2.58. The molecule has 0 fully saturated rings. The van der Waals surface area contributed by atoms with Gasteiger partial charge in [0.2, 0.25) is 0 Å². The molecule has 67 heavy (non-hydrogen) atoms. The molecule has 0 radical (unpaired) electrons. The maximum absolute atomic E-state index is 2.49. The summed E-state index contributed by atoms with van der Waals surface area (Å²) in [6, 6.07) is 87.7. The van der Waals surface area contributed by atoms with E-state index >= 15 is 0 Å². The second-order valence-corrected chi connectivity index (χ2v) is 18.2. The Morgan fingerprint density at radius 2 is 0.955 bits per heavy atom. The molecule has 0 amide bonds. The third kappa shape index (κ3) is 6.44. The summed E-state index contributed by atoms with van der Waals surface area (Å²) in [7, 11) is 0. The van der Waals surface area contributed by atoms with E-state index in [2.05, 4.69) is 267 Å². The van der Waals surface area contributed by atoms with Crippen molar-refractivity contribution in [3.05, 3.63) is 281 Å². The first-order valence-corrected chi connectivity index (χ1v) is 23.9. The smallest absolute Gasteiger partial charge is 0.0713 e. The van der Waals surface area contributed by atoms with E-state index in [9.17, 15) is 0 Å². The largest absolute Gasteiger partial charge is 0.310 e. The summed E-state index contributed by atoms with van der Waals surface area (Å²) in [5.74, 6) is 0. The molecule has 0 atom stereocenters. The van der Waals surface area contributed by atoms with Crippen LogP contribution in [0.3, 0.4) is 0 Å². The van der Waals surface area contributed by atoms with Crippen LogP contribution in [0.1, 0.15) is 71.2 Å². The van der Waals surface area contributed by atoms with Crippen LogP contribution >= 0.6 is 0 Å². The summed E-state index contributed by atoms with van der Waals surface area (Å²) in [6.07, 6.45) is 6.71. The third-order valence-electron chi connectivity index (χ3n) is 15.0. The van der Waals surface area contributed by atoms with Crippen LogP contribution in [0.4, 0.5) is 17.1 Å².